The van der Waals surface area contributed by atoms with Crippen molar-refractivity contribution in [2.24, 2.45) is 16.1 Å². The summed E-state index contributed by atoms with van der Waals surface area (Å²) in [6.07, 6.45) is 4.05. The van der Waals surface area contributed by atoms with Gasteiger partial charge in [-0.2, -0.15) is 0 Å². The molecule has 2 aliphatic rings. The van der Waals surface area contributed by atoms with Crippen molar-refractivity contribution in [3.05, 3.63) is 29.8 Å². The molecule has 148 valence electrons. The first-order valence-electron chi connectivity index (χ1n) is 9.49. The topological polar surface area (TPSA) is 105 Å². The van der Waals surface area contributed by atoms with Crippen molar-refractivity contribution in [1.82, 2.24) is 9.62 Å². The molecule has 1 saturated heterocycles. The van der Waals surface area contributed by atoms with E-state index in [2.05, 4.69) is 16.6 Å². The number of nitrogens with one attached hydrogen (secondary N) is 1. The van der Waals surface area contributed by atoms with E-state index in [-0.39, 0.29) is 16.2 Å². The van der Waals surface area contributed by atoms with Gasteiger partial charge in [0, 0.05) is 31.6 Å². The third kappa shape index (κ3) is 4.50. The van der Waals surface area contributed by atoms with E-state index in [1.54, 1.807) is 24.3 Å². The van der Waals surface area contributed by atoms with E-state index in [4.69, 9.17) is 5.73 Å². The lowest BCUT2D eigenvalue weighted by molar-refractivity contribution is -0.130. The number of amidine groups is 1. The Balaban J connectivity index is 1.40. The SMILES string of the molecule is CC1(CN)CCN(C(=O)CCCCCN=C2NS(=O)(=O)c3ccccc32)C1. The fourth-order valence-corrected chi connectivity index (χ4v) is 4.82. The fraction of sp³-hybridized carbons (Fsp3) is 0.579. The largest absolute Gasteiger partial charge is 0.342 e. The standard InChI is InChI=1S/C19H28N4O3S/c1-19(13-20)10-12-23(14-19)17(24)9-3-2-6-11-21-18-15-7-4-5-8-16(15)27(25,26)22-18/h4-5,7-8H,2-3,6,9-14,20H2,1H3,(H,21,22). The number of nitrogens with zero attached hydrogens (tertiary/aromatic N) is 2. The van der Waals surface area contributed by atoms with Gasteiger partial charge < -0.3 is 10.6 Å². The third-order valence-corrected chi connectivity index (χ3v) is 6.78. The Bertz CT molecular complexity index is 837. The molecule has 2 heterocycles. The molecule has 3 N–H and O–H groups in total. The lowest BCUT2D eigenvalue weighted by atomic mass is 9.90. The number of hydrogen-bond donors (Lipinski definition) is 2. The number of rotatable bonds is 7. The van der Waals surface area contributed by atoms with Crippen LogP contribution >= 0.6 is 0 Å². The molecule has 0 aliphatic carbocycles. The maximum absolute atomic E-state index is 12.3. The Morgan fingerprint density at radius 3 is 2.81 bits per heavy atom. The van der Waals surface area contributed by atoms with Crippen LogP contribution in [0.1, 0.15) is 44.6 Å². The normalized spacial score (nSPS) is 24.8. The van der Waals surface area contributed by atoms with Gasteiger partial charge in [0.2, 0.25) is 5.91 Å². The van der Waals surface area contributed by atoms with Gasteiger partial charge in [0.15, 0.2) is 0 Å². The molecule has 1 amide bonds. The quantitative estimate of drug-likeness (QED) is 0.686. The predicted molar refractivity (Wildman–Crippen MR) is 105 cm³/mol. The summed E-state index contributed by atoms with van der Waals surface area (Å²) >= 11 is 0. The van der Waals surface area contributed by atoms with E-state index in [9.17, 15) is 13.2 Å². The molecule has 3 rings (SSSR count). The highest BCUT2D eigenvalue weighted by Crippen LogP contribution is 2.29. The average Bonchev–Trinajstić information content (AvgIpc) is 3.17. The van der Waals surface area contributed by atoms with E-state index < -0.39 is 10.0 Å². The van der Waals surface area contributed by atoms with Crippen molar-refractivity contribution in [2.75, 3.05) is 26.2 Å². The molecule has 0 bridgehead atoms. The van der Waals surface area contributed by atoms with E-state index in [0.29, 0.717) is 30.9 Å². The smallest absolute Gasteiger partial charge is 0.263 e. The van der Waals surface area contributed by atoms with Gasteiger partial charge in [0.05, 0.1) is 4.90 Å². The number of fused-ring (bicyclic) bond motifs is 1. The summed E-state index contributed by atoms with van der Waals surface area (Å²) in [5.41, 5.74) is 6.49. The molecule has 1 aromatic rings. The molecule has 0 aromatic heterocycles. The molecule has 27 heavy (non-hydrogen) atoms. The summed E-state index contributed by atoms with van der Waals surface area (Å²) in [4.78, 5) is 18.9. The Hall–Kier alpha value is -1.93. The minimum atomic E-state index is -3.47. The summed E-state index contributed by atoms with van der Waals surface area (Å²) in [6, 6.07) is 6.85. The van der Waals surface area contributed by atoms with Gasteiger partial charge in [-0.15, -0.1) is 0 Å². The van der Waals surface area contributed by atoms with Gasteiger partial charge in [0.1, 0.15) is 5.84 Å². The van der Waals surface area contributed by atoms with Crippen LogP contribution in [-0.2, 0) is 14.8 Å². The highest BCUT2D eigenvalue weighted by molar-refractivity contribution is 7.90. The Morgan fingerprint density at radius 2 is 2.07 bits per heavy atom. The van der Waals surface area contributed by atoms with Gasteiger partial charge in [-0.25, -0.2) is 8.42 Å². The molecule has 1 aromatic carbocycles. The van der Waals surface area contributed by atoms with Crippen LogP contribution in [0, 0.1) is 5.41 Å². The highest BCUT2D eigenvalue weighted by Gasteiger charge is 2.34. The second-order valence-corrected chi connectivity index (χ2v) is 9.37. The first-order valence-corrected chi connectivity index (χ1v) is 11.0. The van der Waals surface area contributed by atoms with Gasteiger partial charge in [-0.1, -0.05) is 25.5 Å². The monoisotopic (exact) mass is 392 g/mol. The summed E-state index contributed by atoms with van der Waals surface area (Å²) < 4.78 is 26.6. The second-order valence-electron chi connectivity index (χ2n) is 7.72. The minimum Gasteiger partial charge on any atom is -0.342 e. The minimum absolute atomic E-state index is 0.0661. The van der Waals surface area contributed by atoms with Crippen molar-refractivity contribution in [1.29, 1.82) is 0 Å². The Kier molecular flexibility index (Phi) is 5.86. The van der Waals surface area contributed by atoms with E-state index in [1.165, 1.54) is 0 Å². The van der Waals surface area contributed by atoms with Crippen LogP contribution in [-0.4, -0.2) is 51.2 Å². The number of carbonyl (C=O) groups excluding carboxylic acids is 1. The van der Waals surface area contributed by atoms with Gasteiger partial charge >= 0.3 is 0 Å². The number of likely N-dealkylation sites (tertiary alicyclic amines) is 1. The first kappa shape index (κ1) is 19.8. The highest BCUT2D eigenvalue weighted by atomic mass is 32.2. The number of amides is 1. The molecule has 0 spiro atoms. The molecule has 1 atom stereocenters. The number of aliphatic imine (C=N–C) groups is 1. The molecular weight excluding hydrogens is 364 g/mol. The number of nitrogens with two attached hydrogens (primary N) is 1. The van der Waals surface area contributed by atoms with Crippen molar-refractivity contribution in [2.45, 2.75) is 43.9 Å². The molecule has 7 nitrogen and oxygen atoms in total. The summed E-state index contributed by atoms with van der Waals surface area (Å²) in [6.45, 7) is 4.85. The summed E-state index contributed by atoms with van der Waals surface area (Å²) in [5, 5.41) is 0. The van der Waals surface area contributed by atoms with Crippen LogP contribution in [0.25, 0.3) is 0 Å². The zero-order valence-electron chi connectivity index (χ0n) is 15.8. The number of sulfonamides is 1. The number of hydrogen-bond acceptors (Lipinski definition) is 5. The van der Waals surface area contributed by atoms with Crippen LogP contribution < -0.4 is 10.5 Å². The lowest BCUT2D eigenvalue weighted by Crippen LogP contribution is -2.34. The maximum Gasteiger partial charge on any atom is 0.263 e. The average molecular weight is 393 g/mol. The lowest BCUT2D eigenvalue weighted by Gasteiger charge is -2.22. The molecule has 1 unspecified atom stereocenters. The van der Waals surface area contributed by atoms with Gasteiger partial charge in [-0.05, 0) is 43.4 Å². The summed E-state index contributed by atoms with van der Waals surface area (Å²) in [7, 11) is -3.47. The molecular formula is C19H28N4O3S. The van der Waals surface area contributed by atoms with E-state index in [0.717, 1.165) is 38.8 Å². The van der Waals surface area contributed by atoms with Gasteiger partial charge in [-0.3, -0.25) is 14.5 Å². The van der Waals surface area contributed by atoms with Crippen LogP contribution in [0.2, 0.25) is 0 Å². The first-order chi connectivity index (χ1) is 12.8. The Morgan fingerprint density at radius 1 is 1.30 bits per heavy atom. The Labute approximate surface area is 161 Å². The second kappa shape index (κ2) is 7.98. The van der Waals surface area contributed by atoms with Crippen LogP contribution in [0.5, 0.6) is 0 Å². The molecule has 2 aliphatic heterocycles. The van der Waals surface area contributed by atoms with Crippen LogP contribution in [0.4, 0.5) is 0 Å². The van der Waals surface area contributed by atoms with Crippen LogP contribution in [0.3, 0.4) is 0 Å². The van der Waals surface area contributed by atoms with Crippen molar-refractivity contribution in [3.8, 4) is 0 Å². The van der Waals surface area contributed by atoms with Gasteiger partial charge in [0.25, 0.3) is 10.0 Å². The summed E-state index contributed by atoms with van der Waals surface area (Å²) in [5.74, 6) is 0.621. The number of benzene rings is 1. The van der Waals surface area contributed by atoms with Crippen molar-refractivity contribution in [3.63, 3.8) is 0 Å². The van der Waals surface area contributed by atoms with Crippen molar-refractivity contribution < 1.29 is 13.2 Å². The van der Waals surface area contributed by atoms with Crippen LogP contribution in [0.15, 0.2) is 34.2 Å². The molecule has 0 radical (unpaired) electrons. The fourth-order valence-electron chi connectivity index (χ4n) is 3.57. The number of carbonyl (C=O) groups is 1. The molecule has 1 fully saturated rings. The van der Waals surface area contributed by atoms with E-state index >= 15 is 0 Å². The van der Waals surface area contributed by atoms with E-state index in [1.807, 2.05) is 4.90 Å². The zero-order chi connectivity index (χ0) is 19.5. The molecule has 8 heteroatoms. The zero-order valence-corrected chi connectivity index (χ0v) is 16.6. The predicted octanol–water partition coefficient (Wildman–Crippen LogP) is 1.48. The third-order valence-electron chi connectivity index (χ3n) is 5.38. The maximum atomic E-state index is 12.3. The molecule has 0 saturated carbocycles. The van der Waals surface area contributed by atoms with Crippen molar-refractivity contribution >= 4 is 21.8 Å². The number of unbranched alkanes of at least 4 members (excludes halogenated alkanes) is 2.